The quantitative estimate of drug-likeness (QED) is 0.730. The molecule has 0 N–H and O–H groups in total. The Kier molecular flexibility index (Phi) is 4.53. The van der Waals surface area contributed by atoms with Gasteiger partial charge in [0.15, 0.2) is 0 Å². The zero-order chi connectivity index (χ0) is 15.5. The molecule has 4 aliphatic rings. The number of benzene rings is 2. The molecule has 2 nitrogen and oxygen atoms in total. The standard InChI is InChI=1S/C19H21NOS/c1-20(2)19(21)22-18-13-16-8-7-14-3-5-15(6-4-14)9-11-17(18)12-10-16/h3-6,10,12-13H,7-9,11H2,1-2H3. The molecule has 0 aliphatic heterocycles. The molecule has 0 radical (unpaired) electrons. The van der Waals surface area contributed by atoms with Gasteiger partial charge in [-0.1, -0.05) is 36.4 Å². The van der Waals surface area contributed by atoms with Gasteiger partial charge in [0, 0.05) is 19.0 Å². The first-order valence-corrected chi connectivity index (χ1v) is 8.52. The minimum absolute atomic E-state index is 0.0915. The van der Waals surface area contributed by atoms with Gasteiger partial charge < -0.3 is 4.90 Å². The molecule has 0 heterocycles. The van der Waals surface area contributed by atoms with Crippen molar-refractivity contribution in [2.45, 2.75) is 30.6 Å². The van der Waals surface area contributed by atoms with Crippen molar-refractivity contribution in [1.82, 2.24) is 4.90 Å². The SMILES string of the molecule is CN(C)C(=O)Sc1cc2ccc1CCc1ccc(cc1)CC2. The first kappa shape index (κ1) is 15.2. The molecule has 0 saturated heterocycles. The fraction of sp³-hybridized carbons (Fsp3) is 0.316. The zero-order valence-electron chi connectivity index (χ0n) is 13.1. The second kappa shape index (κ2) is 6.57. The lowest BCUT2D eigenvalue weighted by atomic mass is 9.97. The van der Waals surface area contributed by atoms with Gasteiger partial charge in [0.05, 0.1) is 0 Å². The topological polar surface area (TPSA) is 20.3 Å². The van der Waals surface area contributed by atoms with Gasteiger partial charge in [-0.05, 0) is 65.8 Å². The summed E-state index contributed by atoms with van der Waals surface area (Å²) >= 11 is 1.35. The Bertz CT molecular complexity index is 676. The van der Waals surface area contributed by atoms with E-state index in [2.05, 4.69) is 42.5 Å². The van der Waals surface area contributed by atoms with E-state index in [1.807, 2.05) is 0 Å². The largest absolute Gasteiger partial charge is 0.339 e. The molecule has 0 aromatic heterocycles. The third kappa shape index (κ3) is 3.53. The summed E-state index contributed by atoms with van der Waals surface area (Å²) in [6, 6.07) is 15.6. The van der Waals surface area contributed by atoms with Crippen molar-refractivity contribution in [3.8, 4) is 0 Å². The van der Waals surface area contributed by atoms with E-state index in [0.29, 0.717) is 0 Å². The number of aryl methyl sites for hydroxylation is 4. The van der Waals surface area contributed by atoms with Gasteiger partial charge in [0.1, 0.15) is 0 Å². The second-order valence-electron chi connectivity index (χ2n) is 6.02. The number of amides is 1. The van der Waals surface area contributed by atoms with Crippen LogP contribution in [0.4, 0.5) is 4.79 Å². The summed E-state index contributed by atoms with van der Waals surface area (Å²) in [5.74, 6) is 0. The summed E-state index contributed by atoms with van der Waals surface area (Å²) < 4.78 is 0. The second-order valence-corrected chi connectivity index (χ2v) is 7.01. The lowest BCUT2D eigenvalue weighted by Gasteiger charge is -2.15. The molecular weight excluding hydrogens is 290 g/mol. The minimum atomic E-state index is 0.0915. The van der Waals surface area contributed by atoms with E-state index in [9.17, 15) is 4.79 Å². The molecule has 22 heavy (non-hydrogen) atoms. The van der Waals surface area contributed by atoms with E-state index >= 15 is 0 Å². The van der Waals surface area contributed by atoms with Crippen molar-refractivity contribution < 1.29 is 4.79 Å². The maximum atomic E-state index is 12.1. The fourth-order valence-corrected chi connectivity index (χ4v) is 3.56. The molecule has 2 aromatic carbocycles. The minimum Gasteiger partial charge on any atom is -0.339 e. The number of carbonyl (C=O) groups is 1. The number of carbonyl (C=O) groups excluding carboxylic acids is 1. The molecule has 0 saturated carbocycles. The van der Waals surface area contributed by atoms with Crippen LogP contribution < -0.4 is 0 Å². The summed E-state index contributed by atoms with van der Waals surface area (Å²) in [4.78, 5) is 14.8. The highest BCUT2D eigenvalue weighted by Gasteiger charge is 2.13. The Morgan fingerprint density at radius 2 is 1.41 bits per heavy atom. The van der Waals surface area contributed by atoms with Gasteiger partial charge in [-0.2, -0.15) is 0 Å². The molecular formula is C19H21NOS. The highest BCUT2D eigenvalue weighted by atomic mass is 32.2. The summed E-state index contributed by atoms with van der Waals surface area (Å²) in [6.07, 6.45) is 4.06. The van der Waals surface area contributed by atoms with Crippen LogP contribution in [0.3, 0.4) is 0 Å². The van der Waals surface area contributed by atoms with Gasteiger partial charge in [0.2, 0.25) is 0 Å². The molecule has 6 rings (SSSR count). The van der Waals surface area contributed by atoms with Gasteiger partial charge in [-0.3, -0.25) is 4.79 Å². The Morgan fingerprint density at radius 1 is 0.864 bits per heavy atom. The van der Waals surface area contributed by atoms with E-state index in [-0.39, 0.29) is 5.24 Å². The predicted octanol–water partition coefficient (Wildman–Crippen LogP) is 4.34. The van der Waals surface area contributed by atoms with Gasteiger partial charge in [-0.15, -0.1) is 0 Å². The van der Waals surface area contributed by atoms with E-state index in [1.54, 1.807) is 19.0 Å². The summed E-state index contributed by atoms with van der Waals surface area (Å²) in [5.41, 5.74) is 5.33. The number of rotatable bonds is 1. The third-order valence-electron chi connectivity index (χ3n) is 4.10. The Morgan fingerprint density at radius 3 is 2.05 bits per heavy atom. The zero-order valence-corrected chi connectivity index (χ0v) is 14.0. The average Bonchev–Trinajstić information content (AvgIpc) is 2.50. The molecule has 114 valence electrons. The average molecular weight is 311 g/mol. The van der Waals surface area contributed by atoms with Crippen molar-refractivity contribution in [2.75, 3.05) is 14.1 Å². The van der Waals surface area contributed by atoms with Gasteiger partial charge >= 0.3 is 0 Å². The molecule has 0 fully saturated rings. The fourth-order valence-electron chi connectivity index (χ4n) is 2.68. The molecule has 2 aromatic rings. The molecule has 0 spiro atoms. The Labute approximate surface area is 136 Å². The molecule has 3 heteroatoms. The normalized spacial score (nSPS) is 13.5. The number of hydrogen-bond donors (Lipinski definition) is 0. The number of thioether (sulfide) groups is 1. The van der Waals surface area contributed by atoms with Crippen molar-refractivity contribution in [3.05, 3.63) is 64.7 Å². The lowest BCUT2D eigenvalue weighted by molar-refractivity contribution is 0.241. The molecule has 0 atom stereocenters. The van der Waals surface area contributed by atoms with E-state index in [0.717, 1.165) is 30.6 Å². The smallest absolute Gasteiger partial charge is 0.285 e. The monoisotopic (exact) mass is 311 g/mol. The molecule has 4 bridgehead atoms. The van der Waals surface area contributed by atoms with Crippen molar-refractivity contribution in [1.29, 1.82) is 0 Å². The van der Waals surface area contributed by atoms with Crippen LogP contribution in [0.1, 0.15) is 22.3 Å². The number of nitrogens with zero attached hydrogens (tertiary/aromatic N) is 1. The predicted molar refractivity (Wildman–Crippen MR) is 92.6 cm³/mol. The molecule has 1 amide bonds. The molecule has 0 unspecified atom stereocenters. The Balaban J connectivity index is 1.92. The maximum absolute atomic E-state index is 12.1. The number of hydrogen-bond acceptors (Lipinski definition) is 2. The molecule has 4 aliphatic carbocycles. The van der Waals surface area contributed by atoms with E-state index < -0.39 is 0 Å². The van der Waals surface area contributed by atoms with Gasteiger partial charge in [0.25, 0.3) is 5.24 Å². The maximum Gasteiger partial charge on any atom is 0.285 e. The first-order chi connectivity index (χ1) is 10.6. The third-order valence-corrected chi connectivity index (χ3v) is 5.24. The van der Waals surface area contributed by atoms with Crippen LogP contribution in [0.25, 0.3) is 0 Å². The Hall–Kier alpha value is -1.74. The summed E-state index contributed by atoms with van der Waals surface area (Å²) in [7, 11) is 3.61. The first-order valence-electron chi connectivity index (χ1n) is 7.70. The lowest BCUT2D eigenvalue weighted by Crippen LogP contribution is -2.16. The highest BCUT2D eigenvalue weighted by Crippen LogP contribution is 2.28. The van der Waals surface area contributed by atoms with Crippen LogP contribution >= 0.6 is 11.8 Å². The van der Waals surface area contributed by atoms with Crippen LogP contribution in [0.2, 0.25) is 0 Å². The van der Waals surface area contributed by atoms with Crippen LogP contribution in [-0.4, -0.2) is 24.2 Å². The van der Waals surface area contributed by atoms with Crippen LogP contribution in [0.5, 0.6) is 0 Å². The van der Waals surface area contributed by atoms with Crippen molar-refractivity contribution in [2.24, 2.45) is 0 Å². The summed E-state index contributed by atoms with van der Waals surface area (Å²) in [6.45, 7) is 0. The van der Waals surface area contributed by atoms with Gasteiger partial charge in [-0.25, -0.2) is 0 Å². The van der Waals surface area contributed by atoms with E-state index in [1.165, 1.54) is 34.0 Å². The van der Waals surface area contributed by atoms with Crippen LogP contribution in [0.15, 0.2) is 47.4 Å². The van der Waals surface area contributed by atoms with Crippen LogP contribution in [0, 0.1) is 0 Å². The van der Waals surface area contributed by atoms with Crippen molar-refractivity contribution >= 4 is 17.0 Å². The highest BCUT2D eigenvalue weighted by molar-refractivity contribution is 8.13. The van der Waals surface area contributed by atoms with Crippen LogP contribution in [-0.2, 0) is 25.7 Å². The van der Waals surface area contributed by atoms with Crippen molar-refractivity contribution in [3.63, 3.8) is 0 Å². The summed E-state index contributed by atoms with van der Waals surface area (Å²) in [5, 5.41) is 0.0915. The van der Waals surface area contributed by atoms with E-state index in [4.69, 9.17) is 0 Å².